The van der Waals surface area contributed by atoms with Gasteiger partial charge in [0.05, 0.1) is 7.11 Å². The Morgan fingerprint density at radius 3 is 2.44 bits per heavy atom. The minimum absolute atomic E-state index is 0.276. The van der Waals surface area contributed by atoms with Crippen molar-refractivity contribution in [3.05, 3.63) is 23.3 Å². The van der Waals surface area contributed by atoms with E-state index >= 15 is 0 Å². The highest BCUT2D eigenvalue weighted by Crippen LogP contribution is 2.43. The molecule has 144 valence electrons. The van der Waals surface area contributed by atoms with Gasteiger partial charge in [-0.15, -0.1) is 0 Å². The number of aromatic hydroxyl groups is 1. The number of methoxy groups -OCH3 is 1. The quantitative estimate of drug-likeness (QED) is 0.747. The summed E-state index contributed by atoms with van der Waals surface area (Å²) in [6.07, 6.45) is 4.94. The average molecular weight is 350 g/mol. The lowest BCUT2D eigenvalue weighted by atomic mass is 9.81. The third-order valence-corrected chi connectivity index (χ3v) is 5.05. The Bertz CT molecular complexity index is 513. The van der Waals surface area contributed by atoms with E-state index in [-0.39, 0.29) is 5.75 Å². The lowest BCUT2D eigenvalue weighted by molar-refractivity contribution is 0.0894. The molecule has 25 heavy (non-hydrogen) atoms. The zero-order valence-electron chi connectivity index (χ0n) is 17.4. The first-order chi connectivity index (χ1) is 12.1. The number of benzene rings is 1. The van der Waals surface area contributed by atoms with Crippen LogP contribution in [0.5, 0.6) is 11.5 Å². The number of nitrogens with zero attached hydrogens (tertiary/aromatic N) is 1. The summed E-state index contributed by atoms with van der Waals surface area (Å²) >= 11 is 0. The van der Waals surface area contributed by atoms with E-state index in [1.165, 1.54) is 36.9 Å². The van der Waals surface area contributed by atoms with E-state index in [1.54, 1.807) is 7.11 Å². The Balaban J connectivity index is 0.000000730. The normalized spacial score (nSPS) is 21.9. The molecule has 2 aliphatic rings. The lowest BCUT2D eigenvalue weighted by Gasteiger charge is -2.44. The molecule has 3 heteroatoms. The van der Waals surface area contributed by atoms with E-state index in [1.807, 2.05) is 33.8 Å². The summed E-state index contributed by atoms with van der Waals surface area (Å²) in [6, 6.07) is 4.49. The van der Waals surface area contributed by atoms with Gasteiger partial charge in [0.25, 0.3) is 0 Å². The van der Waals surface area contributed by atoms with Crippen LogP contribution < -0.4 is 4.74 Å². The second-order valence-corrected chi connectivity index (χ2v) is 7.06. The highest BCUT2D eigenvalue weighted by Gasteiger charge is 2.34. The summed E-state index contributed by atoms with van der Waals surface area (Å²) in [5, 5.41) is 9.97. The van der Waals surface area contributed by atoms with Crippen LogP contribution in [0.3, 0.4) is 0 Å². The van der Waals surface area contributed by atoms with Gasteiger partial charge in [-0.1, -0.05) is 41.5 Å². The van der Waals surface area contributed by atoms with Crippen LogP contribution in [0.25, 0.3) is 0 Å². The molecule has 1 aromatic rings. The number of phenolic OH excluding ortho intramolecular Hbond substituents is 1. The van der Waals surface area contributed by atoms with E-state index in [0.29, 0.717) is 11.8 Å². The zero-order valence-corrected chi connectivity index (χ0v) is 17.4. The van der Waals surface area contributed by atoms with Crippen molar-refractivity contribution in [2.75, 3.05) is 20.2 Å². The zero-order chi connectivity index (χ0) is 19.0. The third kappa shape index (κ3) is 5.37. The van der Waals surface area contributed by atoms with Crippen LogP contribution in [-0.4, -0.2) is 30.2 Å². The first-order valence-electron chi connectivity index (χ1n) is 10.2. The fraction of sp³-hybridized carbons (Fsp3) is 0.727. The van der Waals surface area contributed by atoms with Crippen molar-refractivity contribution in [2.24, 2.45) is 11.8 Å². The summed E-state index contributed by atoms with van der Waals surface area (Å²) in [7, 11) is 1.63. The molecule has 0 saturated carbocycles. The number of hydrogen-bond donors (Lipinski definition) is 1. The lowest BCUT2D eigenvalue weighted by Crippen LogP contribution is -2.42. The van der Waals surface area contributed by atoms with Crippen LogP contribution in [0.4, 0.5) is 0 Å². The van der Waals surface area contributed by atoms with Gasteiger partial charge in [-0.2, -0.15) is 0 Å². The van der Waals surface area contributed by atoms with Gasteiger partial charge in [-0.3, -0.25) is 4.90 Å². The van der Waals surface area contributed by atoms with Crippen LogP contribution in [0.1, 0.15) is 78.0 Å². The topological polar surface area (TPSA) is 32.7 Å². The van der Waals surface area contributed by atoms with Crippen LogP contribution in [0.15, 0.2) is 12.1 Å². The summed E-state index contributed by atoms with van der Waals surface area (Å²) in [5.41, 5.74) is 2.68. The fourth-order valence-corrected chi connectivity index (χ4v) is 4.17. The fourth-order valence-electron chi connectivity index (χ4n) is 4.17. The van der Waals surface area contributed by atoms with Crippen LogP contribution in [-0.2, 0) is 6.42 Å². The molecule has 0 aromatic heterocycles. The molecule has 3 rings (SSSR count). The Labute approximate surface area is 155 Å². The molecule has 2 atom stereocenters. The largest absolute Gasteiger partial charge is 0.504 e. The molecular weight excluding hydrogens is 310 g/mol. The maximum absolute atomic E-state index is 9.97. The maximum atomic E-state index is 9.97. The second kappa shape index (κ2) is 10.7. The highest BCUT2D eigenvalue weighted by atomic mass is 16.5. The Hall–Kier alpha value is -1.22. The van der Waals surface area contributed by atoms with Gasteiger partial charge in [-0.25, -0.2) is 0 Å². The molecule has 0 spiro atoms. The Kier molecular flexibility index (Phi) is 9.34. The number of piperidine rings is 1. The molecule has 0 bridgehead atoms. The predicted molar refractivity (Wildman–Crippen MR) is 108 cm³/mol. The summed E-state index contributed by atoms with van der Waals surface area (Å²) in [6.45, 7) is 15.0. The molecule has 1 N–H and O–H groups in total. The van der Waals surface area contributed by atoms with E-state index in [0.717, 1.165) is 24.8 Å². The summed E-state index contributed by atoms with van der Waals surface area (Å²) in [4.78, 5) is 2.65. The SMILES string of the molecule is CC.CC.COc1cc2c(cc1O)CCN1CC(CC(C)C)CCC21. The van der Waals surface area contributed by atoms with Crippen molar-refractivity contribution in [1.29, 1.82) is 0 Å². The summed E-state index contributed by atoms with van der Waals surface area (Å²) < 4.78 is 5.30. The van der Waals surface area contributed by atoms with E-state index in [4.69, 9.17) is 4.74 Å². The standard InChI is InChI=1S/C18H27NO2.2C2H6/c1-12(2)8-13-4-5-16-15-10-18(21-3)17(20)9-14(15)6-7-19(16)11-13;2*1-2/h9-10,12-13,16,20H,4-8,11H2,1-3H3;2*1-2H3. The molecular formula is C22H39NO2. The Morgan fingerprint density at radius 2 is 1.84 bits per heavy atom. The smallest absolute Gasteiger partial charge is 0.160 e. The van der Waals surface area contributed by atoms with Crippen LogP contribution in [0, 0.1) is 11.8 Å². The van der Waals surface area contributed by atoms with Crippen LogP contribution >= 0.6 is 0 Å². The maximum Gasteiger partial charge on any atom is 0.160 e. The molecule has 3 nitrogen and oxygen atoms in total. The molecule has 2 aliphatic heterocycles. The van der Waals surface area contributed by atoms with Crippen molar-refractivity contribution in [3.8, 4) is 11.5 Å². The monoisotopic (exact) mass is 349 g/mol. The summed E-state index contributed by atoms with van der Waals surface area (Å²) in [5.74, 6) is 2.53. The number of phenols is 1. The van der Waals surface area contributed by atoms with Gasteiger partial charge in [0.1, 0.15) is 0 Å². The average Bonchev–Trinajstić information content (AvgIpc) is 2.63. The highest BCUT2D eigenvalue weighted by molar-refractivity contribution is 5.48. The Morgan fingerprint density at radius 1 is 1.16 bits per heavy atom. The van der Waals surface area contributed by atoms with Gasteiger partial charge in [0.15, 0.2) is 11.5 Å². The molecule has 0 radical (unpaired) electrons. The van der Waals surface area contributed by atoms with E-state index in [2.05, 4.69) is 24.8 Å². The third-order valence-electron chi connectivity index (χ3n) is 5.05. The first-order valence-corrected chi connectivity index (χ1v) is 10.2. The molecule has 0 amide bonds. The van der Waals surface area contributed by atoms with E-state index < -0.39 is 0 Å². The van der Waals surface area contributed by atoms with Gasteiger partial charge in [0, 0.05) is 19.1 Å². The van der Waals surface area contributed by atoms with Crippen molar-refractivity contribution < 1.29 is 9.84 Å². The second-order valence-electron chi connectivity index (χ2n) is 7.06. The number of fused-ring (bicyclic) bond motifs is 3. The van der Waals surface area contributed by atoms with E-state index in [9.17, 15) is 5.11 Å². The van der Waals surface area contributed by atoms with Crippen molar-refractivity contribution in [1.82, 2.24) is 4.90 Å². The van der Waals surface area contributed by atoms with Gasteiger partial charge in [0.2, 0.25) is 0 Å². The van der Waals surface area contributed by atoms with Crippen LogP contribution in [0.2, 0.25) is 0 Å². The number of rotatable bonds is 3. The minimum Gasteiger partial charge on any atom is -0.504 e. The molecule has 0 aliphatic carbocycles. The van der Waals surface area contributed by atoms with Gasteiger partial charge in [-0.05, 0) is 60.8 Å². The molecule has 1 aromatic carbocycles. The number of ether oxygens (including phenoxy) is 1. The van der Waals surface area contributed by atoms with Crippen molar-refractivity contribution in [2.45, 2.75) is 73.3 Å². The molecule has 1 fully saturated rings. The van der Waals surface area contributed by atoms with Gasteiger partial charge >= 0.3 is 0 Å². The number of hydrogen-bond acceptors (Lipinski definition) is 3. The first kappa shape index (κ1) is 21.8. The predicted octanol–water partition coefficient (Wildman–Crippen LogP) is 5.81. The minimum atomic E-state index is 0.276. The van der Waals surface area contributed by atoms with Gasteiger partial charge < -0.3 is 9.84 Å². The van der Waals surface area contributed by atoms with Crippen molar-refractivity contribution in [3.63, 3.8) is 0 Å². The molecule has 2 unspecified atom stereocenters. The molecule has 2 heterocycles. The molecule has 1 saturated heterocycles. The van der Waals surface area contributed by atoms with Crippen molar-refractivity contribution >= 4 is 0 Å².